The summed E-state index contributed by atoms with van der Waals surface area (Å²) >= 11 is 0. The Kier molecular flexibility index (Phi) is 5.02. The van der Waals surface area contributed by atoms with Crippen LogP contribution in [0.15, 0.2) is 24.3 Å². The molecule has 0 radical (unpaired) electrons. The number of methoxy groups -OCH3 is 1. The first-order chi connectivity index (χ1) is 8.85. The Morgan fingerprint density at radius 2 is 2.22 bits per heavy atom. The van der Waals surface area contributed by atoms with Gasteiger partial charge in [0.2, 0.25) is 0 Å². The maximum Gasteiger partial charge on any atom is 0.122 e. The van der Waals surface area contributed by atoms with Crippen LogP contribution in [0.5, 0.6) is 5.75 Å². The fraction of sp³-hybridized carbons (Fsp3) is 0.600. The van der Waals surface area contributed by atoms with E-state index in [4.69, 9.17) is 4.74 Å². The van der Waals surface area contributed by atoms with Gasteiger partial charge in [0.05, 0.1) is 13.7 Å². The number of hydrogen-bond donors (Lipinski definition) is 1. The third kappa shape index (κ3) is 3.24. The summed E-state index contributed by atoms with van der Waals surface area (Å²) in [4.78, 5) is 2.41. The third-order valence-electron chi connectivity index (χ3n) is 3.79. The molecule has 2 rings (SSSR count). The molecule has 3 heteroatoms. The number of nitrogens with zero attached hydrogens (tertiary/aromatic N) is 1. The van der Waals surface area contributed by atoms with Gasteiger partial charge in [0, 0.05) is 6.04 Å². The second-order valence-corrected chi connectivity index (χ2v) is 4.93. The van der Waals surface area contributed by atoms with Gasteiger partial charge in [0.25, 0.3) is 0 Å². The molecule has 0 aromatic heterocycles. The molecule has 1 heterocycles. The summed E-state index contributed by atoms with van der Waals surface area (Å²) in [6.07, 6.45) is 4.53. The quantitative estimate of drug-likeness (QED) is 0.838. The van der Waals surface area contributed by atoms with Crippen LogP contribution in [0.4, 0.5) is 0 Å². The largest absolute Gasteiger partial charge is 0.496 e. The van der Waals surface area contributed by atoms with Crippen LogP contribution < -0.4 is 4.74 Å². The molecule has 100 valence electrons. The molecule has 1 saturated heterocycles. The Balaban J connectivity index is 1.81. The van der Waals surface area contributed by atoms with Crippen LogP contribution in [0, 0.1) is 0 Å². The van der Waals surface area contributed by atoms with Crippen molar-refractivity contribution in [3.05, 3.63) is 29.8 Å². The van der Waals surface area contributed by atoms with Crippen molar-refractivity contribution in [2.45, 2.75) is 31.7 Å². The first-order valence-corrected chi connectivity index (χ1v) is 6.82. The summed E-state index contributed by atoms with van der Waals surface area (Å²) in [5, 5.41) is 9.27. The third-order valence-corrected chi connectivity index (χ3v) is 3.79. The Morgan fingerprint density at radius 1 is 1.39 bits per heavy atom. The molecule has 1 aromatic carbocycles. The van der Waals surface area contributed by atoms with Crippen LogP contribution in [-0.2, 0) is 6.42 Å². The number of hydrogen-bond acceptors (Lipinski definition) is 3. The van der Waals surface area contributed by atoms with Crippen molar-refractivity contribution in [1.29, 1.82) is 0 Å². The lowest BCUT2D eigenvalue weighted by Crippen LogP contribution is -2.33. The van der Waals surface area contributed by atoms with E-state index in [2.05, 4.69) is 17.0 Å². The van der Waals surface area contributed by atoms with E-state index in [0.29, 0.717) is 12.6 Å². The molecule has 3 nitrogen and oxygen atoms in total. The number of para-hydroxylation sites is 1. The molecule has 1 aliphatic rings. The first-order valence-electron chi connectivity index (χ1n) is 6.82. The molecule has 18 heavy (non-hydrogen) atoms. The van der Waals surface area contributed by atoms with Crippen molar-refractivity contribution in [3.8, 4) is 5.75 Å². The van der Waals surface area contributed by atoms with Crippen molar-refractivity contribution in [2.75, 3.05) is 26.8 Å². The molecule has 1 N–H and O–H groups in total. The van der Waals surface area contributed by atoms with Crippen molar-refractivity contribution in [2.24, 2.45) is 0 Å². The first kappa shape index (κ1) is 13.4. The van der Waals surface area contributed by atoms with E-state index in [1.165, 1.54) is 12.0 Å². The molecule has 0 spiro atoms. The van der Waals surface area contributed by atoms with Gasteiger partial charge in [-0.2, -0.15) is 0 Å². The Morgan fingerprint density at radius 3 is 3.00 bits per heavy atom. The summed E-state index contributed by atoms with van der Waals surface area (Å²) in [5.74, 6) is 0.984. The topological polar surface area (TPSA) is 32.7 Å². The van der Waals surface area contributed by atoms with E-state index in [-0.39, 0.29) is 0 Å². The minimum Gasteiger partial charge on any atom is -0.496 e. The van der Waals surface area contributed by atoms with Crippen LogP contribution in [0.3, 0.4) is 0 Å². The van der Waals surface area contributed by atoms with Crippen LogP contribution in [0.2, 0.25) is 0 Å². The summed E-state index contributed by atoms with van der Waals surface area (Å²) in [6.45, 7) is 2.51. The summed E-state index contributed by atoms with van der Waals surface area (Å²) in [5.41, 5.74) is 1.28. The fourth-order valence-corrected chi connectivity index (χ4v) is 2.78. The minimum atomic E-state index is 0.300. The summed E-state index contributed by atoms with van der Waals surface area (Å²) in [7, 11) is 1.72. The average Bonchev–Trinajstić information content (AvgIpc) is 2.87. The predicted octanol–water partition coefficient (Wildman–Crippen LogP) is 2.08. The average molecular weight is 249 g/mol. The van der Waals surface area contributed by atoms with Crippen molar-refractivity contribution in [1.82, 2.24) is 4.90 Å². The molecule has 1 aromatic rings. The predicted molar refractivity (Wildman–Crippen MR) is 73.0 cm³/mol. The Bertz CT molecular complexity index is 367. The Labute approximate surface area is 109 Å². The zero-order valence-electron chi connectivity index (χ0n) is 11.1. The van der Waals surface area contributed by atoms with E-state index in [1.54, 1.807) is 7.11 Å². The highest BCUT2D eigenvalue weighted by atomic mass is 16.5. The van der Waals surface area contributed by atoms with Gasteiger partial charge in [-0.3, -0.25) is 4.90 Å². The fourth-order valence-electron chi connectivity index (χ4n) is 2.78. The molecule has 0 saturated carbocycles. The van der Waals surface area contributed by atoms with Crippen molar-refractivity contribution >= 4 is 0 Å². The van der Waals surface area contributed by atoms with E-state index >= 15 is 0 Å². The van der Waals surface area contributed by atoms with Crippen molar-refractivity contribution < 1.29 is 9.84 Å². The van der Waals surface area contributed by atoms with E-state index in [1.807, 2.05) is 12.1 Å². The smallest absolute Gasteiger partial charge is 0.122 e. The lowest BCUT2D eigenvalue weighted by Gasteiger charge is -2.22. The molecule has 0 bridgehead atoms. The van der Waals surface area contributed by atoms with E-state index < -0.39 is 0 Å². The van der Waals surface area contributed by atoms with Gasteiger partial charge in [-0.25, -0.2) is 0 Å². The van der Waals surface area contributed by atoms with Gasteiger partial charge in [-0.1, -0.05) is 18.2 Å². The van der Waals surface area contributed by atoms with Gasteiger partial charge in [0.1, 0.15) is 5.75 Å². The zero-order chi connectivity index (χ0) is 12.8. The number of aliphatic hydroxyl groups is 1. The number of likely N-dealkylation sites (tertiary alicyclic amines) is 1. The highest BCUT2D eigenvalue weighted by molar-refractivity contribution is 5.33. The van der Waals surface area contributed by atoms with Gasteiger partial charge >= 0.3 is 0 Å². The molecule has 1 fully saturated rings. The second kappa shape index (κ2) is 6.76. The molecular weight excluding hydrogens is 226 g/mol. The molecule has 0 unspecified atom stereocenters. The minimum absolute atomic E-state index is 0.300. The van der Waals surface area contributed by atoms with Crippen LogP contribution in [0.25, 0.3) is 0 Å². The second-order valence-electron chi connectivity index (χ2n) is 4.93. The lowest BCUT2D eigenvalue weighted by molar-refractivity contribution is 0.158. The monoisotopic (exact) mass is 249 g/mol. The molecule has 1 aliphatic heterocycles. The van der Waals surface area contributed by atoms with Crippen LogP contribution in [-0.4, -0.2) is 42.9 Å². The van der Waals surface area contributed by atoms with Crippen molar-refractivity contribution in [3.63, 3.8) is 0 Å². The molecule has 0 aliphatic carbocycles. The normalized spacial score (nSPS) is 20.2. The van der Waals surface area contributed by atoms with Gasteiger partial charge < -0.3 is 9.84 Å². The van der Waals surface area contributed by atoms with Gasteiger partial charge in [0.15, 0.2) is 0 Å². The number of aliphatic hydroxyl groups excluding tert-OH is 1. The van der Waals surface area contributed by atoms with Crippen LogP contribution in [0.1, 0.15) is 24.8 Å². The van der Waals surface area contributed by atoms with Gasteiger partial charge in [-0.05, 0) is 50.4 Å². The molecular formula is C15H23NO2. The standard InChI is InChI=1S/C15H23NO2/c1-18-15-9-3-2-6-13(15)7-4-10-16-11-5-8-14(16)12-17/h2-3,6,9,14,17H,4-5,7-8,10-12H2,1H3/t14-/m1/s1. The molecule has 1 atom stereocenters. The SMILES string of the molecule is COc1ccccc1CCCN1CCC[C@@H]1CO. The van der Waals surface area contributed by atoms with E-state index in [9.17, 15) is 5.11 Å². The molecule has 0 amide bonds. The number of benzene rings is 1. The highest BCUT2D eigenvalue weighted by Gasteiger charge is 2.22. The number of aryl methyl sites for hydroxylation is 1. The maximum absolute atomic E-state index is 9.27. The Hall–Kier alpha value is -1.06. The number of ether oxygens (including phenoxy) is 1. The maximum atomic E-state index is 9.27. The summed E-state index contributed by atoms with van der Waals surface area (Å²) < 4.78 is 5.36. The highest BCUT2D eigenvalue weighted by Crippen LogP contribution is 2.21. The van der Waals surface area contributed by atoms with Crippen LogP contribution >= 0.6 is 0 Å². The van der Waals surface area contributed by atoms with E-state index in [0.717, 1.165) is 38.1 Å². The number of rotatable bonds is 6. The lowest BCUT2D eigenvalue weighted by atomic mass is 10.1. The summed E-state index contributed by atoms with van der Waals surface area (Å²) in [6, 6.07) is 8.60. The van der Waals surface area contributed by atoms with Gasteiger partial charge in [-0.15, -0.1) is 0 Å². The zero-order valence-corrected chi connectivity index (χ0v) is 11.1.